The first-order chi connectivity index (χ1) is 14.5. The van der Waals surface area contributed by atoms with Gasteiger partial charge in [0.15, 0.2) is 0 Å². The summed E-state index contributed by atoms with van der Waals surface area (Å²) in [4.78, 5) is 27.0. The number of amides is 1. The molecule has 7 heteroatoms. The highest BCUT2D eigenvalue weighted by Gasteiger charge is 2.28. The van der Waals surface area contributed by atoms with E-state index in [1.54, 1.807) is 4.90 Å². The summed E-state index contributed by atoms with van der Waals surface area (Å²) in [5.41, 5.74) is 1.92. The van der Waals surface area contributed by atoms with Gasteiger partial charge in [0.2, 0.25) is 11.8 Å². The second kappa shape index (κ2) is 8.67. The molecule has 156 valence electrons. The molecule has 0 N–H and O–H groups in total. The molecule has 2 aromatic carbocycles. The van der Waals surface area contributed by atoms with Crippen LogP contribution in [0.25, 0.3) is 0 Å². The third kappa shape index (κ3) is 4.36. The van der Waals surface area contributed by atoms with E-state index in [9.17, 15) is 9.59 Å². The minimum atomic E-state index is -0.635. The van der Waals surface area contributed by atoms with Gasteiger partial charge in [-0.1, -0.05) is 60.7 Å². The van der Waals surface area contributed by atoms with Gasteiger partial charge in [-0.3, -0.25) is 4.79 Å². The Bertz CT molecular complexity index is 996. The van der Waals surface area contributed by atoms with Crippen LogP contribution in [0.5, 0.6) is 0 Å². The molecule has 0 radical (unpaired) electrons. The van der Waals surface area contributed by atoms with Crippen LogP contribution in [-0.4, -0.2) is 45.9 Å². The van der Waals surface area contributed by atoms with Crippen LogP contribution in [0.2, 0.25) is 0 Å². The monoisotopic (exact) mass is 407 g/mol. The topological polar surface area (TPSA) is 77.6 Å². The molecule has 1 fully saturated rings. The second-order valence-corrected chi connectivity index (χ2v) is 7.67. The van der Waals surface area contributed by atoms with Crippen LogP contribution in [0.4, 0.5) is 0 Å². The number of carbonyl (C=O) groups excluding carboxylic acids is 1. The molecule has 2 heterocycles. The van der Waals surface area contributed by atoms with E-state index >= 15 is 0 Å². The zero-order valence-corrected chi connectivity index (χ0v) is 17.1. The average molecular weight is 407 g/mol. The predicted molar refractivity (Wildman–Crippen MR) is 111 cm³/mol. The van der Waals surface area contributed by atoms with E-state index in [1.165, 1.54) is 0 Å². The Morgan fingerprint density at radius 3 is 2.07 bits per heavy atom. The maximum atomic E-state index is 12.8. The van der Waals surface area contributed by atoms with Crippen LogP contribution in [0, 0.1) is 0 Å². The highest BCUT2D eigenvalue weighted by molar-refractivity contribution is 5.76. The fourth-order valence-electron chi connectivity index (χ4n) is 3.92. The van der Waals surface area contributed by atoms with Gasteiger partial charge in [0, 0.05) is 13.1 Å². The lowest BCUT2D eigenvalue weighted by Crippen LogP contribution is -2.49. The van der Waals surface area contributed by atoms with E-state index in [2.05, 4.69) is 5.10 Å². The molecule has 3 aromatic rings. The van der Waals surface area contributed by atoms with Crippen molar-refractivity contribution in [3.63, 3.8) is 0 Å². The molecule has 0 bridgehead atoms. The van der Waals surface area contributed by atoms with Crippen LogP contribution in [0.15, 0.2) is 69.9 Å². The summed E-state index contributed by atoms with van der Waals surface area (Å²) in [7, 11) is 0. The van der Waals surface area contributed by atoms with Crippen molar-refractivity contribution in [3.8, 4) is 0 Å². The fourth-order valence-corrected chi connectivity index (χ4v) is 3.92. The summed E-state index contributed by atoms with van der Waals surface area (Å²) < 4.78 is 12.3. The molecular weight excluding hydrogens is 382 g/mol. The zero-order chi connectivity index (χ0) is 21.1. The smallest absolute Gasteiger partial charge is 0.391 e. The molecule has 2 atom stereocenters. The number of morpholine rings is 1. The molecule has 0 saturated carbocycles. The Morgan fingerprint density at radius 2 is 1.53 bits per heavy atom. The van der Waals surface area contributed by atoms with Crippen molar-refractivity contribution < 1.29 is 13.9 Å². The van der Waals surface area contributed by atoms with Gasteiger partial charge in [-0.05, 0) is 25.0 Å². The highest BCUT2D eigenvalue weighted by Crippen LogP contribution is 2.29. The Balaban J connectivity index is 1.61. The van der Waals surface area contributed by atoms with Crippen LogP contribution < -0.4 is 5.76 Å². The van der Waals surface area contributed by atoms with E-state index < -0.39 is 5.76 Å². The molecule has 1 aromatic heterocycles. The lowest BCUT2D eigenvalue weighted by atomic mass is 9.91. The Hall–Kier alpha value is -3.19. The van der Waals surface area contributed by atoms with Crippen molar-refractivity contribution in [1.29, 1.82) is 0 Å². The van der Waals surface area contributed by atoms with Crippen molar-refractivity contribution in [2.45, 2.75) is 38.5 Å². The van der Waals surface area contributed by atoms with Crippen LogP contribution in [-0.2, 0) is 16.1 Å². The summed E-state index contributed by atoms with van der Waals surface area (Å²) in [6.07, 6.45) is -0.0781. The first kappa shape index (κ1) is 20.1. The van der Waals surface area contributed by atoms with Crippen molar-refractivity contribution in [1.82, 2.24) is 14.7 Å². The first-order valence-corrected chi connectivity index (χ1v) is 10.1. The number of benzene rings is 2. The number of carbonyl (C=O) groups is 1. The minimum Gasteiger partial charge on any atom is -0.391 e. The standard InChI is InChI=1S/C23H25N3O4/c1-16-13-25(14-17(2)29-16)20(27)15-26-23(28)30-22(24-26)21(18-9-5-3-6-10-18)19-11-7-4-8-12-19/h3-12,16-17,21H,13-15H2,1-2H3/t16-,17-/m1/s1. The molecule has 1 aliphatic heterocycles. The number of hydrogen-bond acceptors (Lipinski definition) is 5. The molecule has 4 rings (SSSR count). The maximum Gasteiger partial charge on any atom is 0.437 e. The van der Waals surface area contributed by atoms with E-state index in [0.29, 0.717) is 13.1 Å². The number of hydrogen-bond donors (Lipinski definition) is 0. The van der Waals surface area contributed by atoms with Crippen molar-refractivity contribution in [2.24, 2.45) is 0 Å². The molecule has 30 heavy (non-hydrogen) atoms. The van der Waals surface area contributed by atoms with Crippen molar-refractivity contribution in [2.75, 3.05) is 13.1 Å². The van der Waals surface area contributed by atoms with Gasteiger partial charge in [0.1, 0.15) is 6.54 Å². The van der Waals surface area contributed by atoms with Gasteiger partial charge in [-0.25, -0.2) is 4.79 Å². The second-order valence-electron chi connectivity index (χ2n) is 7.67. The lowest BCUT2D eigenvalue weighted by Gasteiger charge is -2.35. The van der Waals surface area contributed by atoms with Gasteiger partial charge >= 0.3 is 5.76 Å². The first-order valence-electron chi connectivity index (χ1n) is 10.1. The Kier molecular flexibility index (Phi) is 5.81. The molecule has 0 aliphatic carbocycles. The largest absolute Gasteiger partial charge is 0.437 e. The normalized spacial score (nSPS) is 19.2. The number of nitrogens with zero attached hydrogens (tertiary/aromatic N) is 3. The summed E-state index contributed by atoms with van der Waals surface area (Å²) in [5.74, 6) is -0.867. The Morgan fingerprint density at radius 1 is 1.00 bits per heavy atom. The van der Waals surface area contributed by atoms with Crippen LogP contribution >= 0.6 is 0 Å². The van der Waals surface area contributed by atoms with Crippen LogP contribution in [0.1, 0.15) is 36.8 Å². The van der Waals surface area contributed by atoms with Gasteiger partial charge in [0.05, 0.1) is 18.1 Å². The number of aromatic nitrogens is 2. The third-order valence-corrected chi connectivity index (χ3v) is 5.19. The number of rotatable bonds is 5. The minimum absolute atomic E-state index is 0.0390. The van der Waals surface area contributed by atoms with E-state index in [-0.39, 0.29) is 36.5 Å². The summed E-state index contributed by atoms with van der Waals surface area (Å²) in [5, 5.41) is 4.39. The summed E-state index contributed by atoms with van der Waals surface area (Å²) in [6.45, 7) is 4.71. The van der Waals surface area contributed by atoms with Gasteiger partial charge in [-0.2, -0.15) is 4.68 Å². The van der Waals surface area contributed by atoms with E-state index in [1.807, 2.05) is 74.5 Å². The van der Waals surface area contributed by atoms with Crippen molar-refractivity contribution >= 4 is 5.91 Å². The zero-order valence-electron chi connectivity index (χ0n) is 17.1. The van der Waals surface area contributed by atoms with Crippen LogP contribution in [0.3, 0.4) is 0 Å². The van der Waals surface area contributed by atoms with Crippen molar-refractivity contribution in [3.05, 3.63) is 88.2 Å². The molecule has 7 nitrogen and oxygen atoms in total. The molecule has 1 aliphatic rings. The highest BCUT2D eigenvalue weighted by atomic mass is 16.5. The molecule has 1 saturated heterocycles. The SMILES string of the molecule is C[C@@H]1CN(C(=O)Cn2nc(C(c3ccccc3)c3ccccc3)oc2=O)C[C@@H](C)O1. The lowest BCUT2D eigenvalue weighted by molar-refractivity contribution is -0.144. The summed E-state index contributed by atoms with van der Waals surface area (Å²) >= 11 is 0. The number of ether oxygens (including phenoxy) is 1. The van der Waals surface area contributed by atoms with E-state index in [0.717, 1.165) is 15.8 Å². The molecule has 0 unspecified atom stereocenters. The molecule has 0 spiro atoms. The Labute approximate surface area is 174 Å². The molecular formula is C23H25N3O4. The third-order valence-electron chi connectivity index (χ3n) is 5.19. The maximum absolute atomic E-state index is 12.8. The average Bonchev–Trinajstić information content (AvgIpc) is 3.08. The van der Waals surface area contributed by atoms with Gasteiger partial charge in [0.25, 0.3) is 0 Å². The van der Waals surface area contributed by atoms with Gasteiger partial charge in [-0.15, -0.1) is 5.10 Å². The quantitative estimate of drug-likeness (QED) is 0.650. The fraction of sp³-hybridized carbons (Fsp3) is 0.348. The van der Waals surface area contributed by atoms with Gasteiger partial charge < -0.3 is 14.1 Å². The van der Waals surface area contributed by atoms with E-state index in [4.69, 9.17) is 9.15 Å². The molecule has 1 amide bonds. The predicted octanol–water partition coefficient (Wildman–Crippen LogP) is 2.65. The summed E-state index contributed by atoms with van der Waals surface area (Å²) in [6, 6.07) is 19.5.